The van der Waals surface area contributed by atoms with Gasteiger partial charge in [0.1, 0.15) is 0 Å². The van der Waals surface area contributed by atoms with Crippen molar-refractivity contribution in [2.45, 2.75) is 25.7 Å². The van der Waals surface area contributed by atoms with Gasteiger partial charge in [0.2, 0.25) is 6.79 Å². The molecule has 1 atom stereocenters. The third-order valence-electron chi connectivity index (χ3n) is 5.04. The molecule has 0 radical (unpaired) electrons. The summed E-state index contributed by atoms with van der Waals surface area (Å²) in [6, 6.07) is 6.18. The van der Waals surface area contributed by atoms with Crippen LogP contribution in [0.25, 0.3) is 0 Å². The lowest BCUT2D eigenvalue weighted by molar-refractivity contribution is 0.157. The summed E-state index contributed by atoms with van der Waals surface area (Å²) >= 11 is 0. The van der Waals surface area contributed by atoms with E-state index >= 15 is 0 Å². The van der Waals surface area contributed by atoms with Crippen molar-refractivity contribution < 1.29 is 14.2 Å². The van der Waals surface area contributed by atoms with E-state index in [0.29, 0.717) is 12.7 Å². The van der Waals surface area contributed by atoms with Crippen LogP contribution in [0.5, 0.6) is 11.5 Å². The maximum atomic E-state index is 5.51. The van der Waals surface area contributed by atoms with E-state index in [-0.39, 0.29) is 5.41 Å². The first kappa shape index (κ1) is 17.9. The van der Waals surface area contributed by atoms with Crippen molar-refractivity contribution in [1.29, 1.82) is 0 Å². The van der Waals surface area contributed by atoms with E-state index in [9.17, 15) is 0 Å². The summed E-state index contributed by atoms with van der Waals surface area (Å²) in [5, 5.41) is 3.54. The number of guanidine groups is 1. The second-order valence-corrected chi connectivity index (χ2v) is 7.41. The minimum absolute atomic E-state index is 0.0530. The summed E-state index contributed by atoms with van der Waals surface area (Å²) in [6.45, 7) is 8.39. The highest BCUT2D eigenvalue weighted by Crippen LogP contribution is 2.36. The SMILES string of the molecule is CN=C(NCC(C)(C)c1ccc2c(c1)OCO2)N1CCC(COC)C1. The summed E-state index contributed by atoms with van der Waals surface area (Å²) in [6.07, 6.45) is 1.15. The summed E-state index contributed by atoms with van der Waals surface area (Å²) in [5.41, 5.74) is 1.17. The summed E-state index contributed by atoms with van der Waals surface area (Å²) in [4.78, 5) is 6.78. The van der Waals surface area contributed by atoms with Gasteiger partial charge in [0, 0.05) is 45.1 Å². The fraction of sp³-hybridized carbons (Fsp3) is 0.632. The topological polar surface area (TPSA) is 55.3 Å². The van der Waals surface area contributed by atoms with Crippen LogP contribution in [0.15, 0.2) is 23.2 Å². The van der Waals surface area contributed by atoms with Crippen LogP contribution in [0.1, 0.15) is 25.8 Å². The van der Waals surface area contributed by atoms with E-state index in [0.717, 1.165) is 50.1 Å². The summed E-state index contributed by atoms with van der Waals surface area (Å²) in [5.74, 6) is 3.21. The third kappa shape index (κ3) is 4.00. The summed E-state index contributed by atoms with van der Waals surface area (Å²) < 4.78 is 16.2. The van der Waals surface area contributed by atoms with Crippen molar-refractivity contribution in [2.24, 2.45) is 10.9 Å². The Morgan fingerprint density at radius 2 is 2.16 bits per heavy atom. The zero-order valence-corrected chi connectivity index (χ0v) is 15.7. The first-order chi connectivity index (χ1) is 12.0. The number of hydrogen-bond acceptors (Lipinski definition) is 4. The van der Waals surface area contributed by atoms with E-state index in [1.54, 1.807) is 7.11 Å². The normalized spacial score (nSPS) is 20.2. The number of fused-ring (bicyclic) bond motifs is 1. The molecule has 0 spiro atoms. The second kappa shape index (κ2) is 7.52. The van der Waals surface area contributed by atoms with Crippen molar-refractivity contribution in [2.75, 3.05) is 47.2 Å². The molecule has 1 saturated heterocycles. The van der Waals surface area contributed by atoms with Crippen LogP contribution >= 0.6 is 0 Å². The van der Waals surface area contributed by atoms with Crippen molar-refractivity contribution in [3.05, 3.63) is 23.8 Å². The van der Waals surface area contributed by atoms with Crippen LogP contribution in [0, 0.1) is 5.92 Å². The van der Waals surface area contributed by atoms with Gasteiger partial charge in [-0.25, -0.2) is 0 Å². The van der Waals surface area contributed by atoms with E-state index < -0.39 is 0 Å². The highest BCUT2D eigenvalue weighted by atomic mass is 16.7. The molecule has 1 fully saturated rings. The minimum atomic E-state index is -0.0530. The van der Waals surface area contributed by atoms with Gasteiger partial charge in [-0.3, -0.25) is 4.99 Å². The number of ether oxygens (including phenoxy) is 3. The van der Waals surface area contributed by atoms with Crippen LogP contribution in [-0.2, 0) is 10.2 Å². The average molecular weight is 347 g/mol. The van der Waals surface area contributed by atoms with Gasteiger partial charge in [-0.1, -0.05) is 19.9 Å². The zero-order valence-electron chi connectivity index (χ0n) is 15.7. The highest BCUT2D eigenvalue weighted by Gasteiger charge is 2.28. The molecule has 1 aromatic carbocycles. The Morgan fingerprint density at radius 3 is 2.92 bits per heavy atom. The predicted molar refractivity (Wildman–Crippen MR) is 98.5 cm³/mol. The quantitative estimate of drug-likeness (QED) is 0.654. The molecule has 1 unspecified atom stereocenters. The molecule has 1 aromatic rings. The number of methoxy groups -OCH3 is 1. The lowest BCUT2D eigenvalue weighted by Gasteiger charge is -2.29. The minimum Gasteiger partial charge on any atom is -0.454 e. The Labute approximate surface area is 150 Å². The molecule has 0 aliphatic carbocycles. The van der Waals surface area contributed by atoms with Crippen molar-refractivity contribution >= 4 is 5.96 Å². The fourth-order valence-electron chi connectivity index (χ4n) is 3.45. The Balaban J connectivity index is 1.61. The van der Waals surface area contributed by atoms with Crippen LogP contribution in [0.3, 0.4) is 0 Å². The van der Waals surface area contributed by atoms with Crippen molar-refractivity contribution in [3.63, 3.8) is 0 Å². The Hall–Kier alpha value is -1.95. The largest absolute Gasteiger partial charge is 0.454 e. The molecule has 0 amide bonds. The molecule has 0 saturated carbocycles. The molecule has 6 heteroatoms. The second-order valence-electron chi connectivity index (χ2n) is 7.41. The monoisotopic (exact) mass is 347 g/mol. The van der Waals surface area contributed by atoms with Crippen molar-refractivity contribution in [1.82, 2.24) is 10.2 Å². The number of likely N-dealkylation sites (tertiary alicyclic amines) is 1. The maximum absolute atomic E-state index is 5.51. The molecule has 2 aliphatic rings. The average Bonchev–Trinajstić information content (AvgIpc) is 3.24. The smallest absolute Gasteiger partial charge is 0.231 e. The number of nitrogens with zero attached hydrogens (tertiary/aromatic N) is 2. The van der Waals surface area contributed by atoms with E-state index in [2.05, 4.69) is 41.2 Å². The Bertz CT molecular complexity index is 630. The van der Waals surface area contributed by atoms with Gasteiger partial charge in [-0.2, -0.15) is 0 Å². The van der Waals surface area contributed by atoms with Gasteiger partial charge in [0.05, 0.1) is 6.61 Å². The zero-order chi connectivity index (χ0) is 17.9. The third-order valence-corrected chi connectivity index (χ3v) is 5.04. The van der Waals surface area contributed by atoms with Crippen LogP contribution in [0.2, 0.25) is 0 Å². The predicted octanol–water partition coefficient (Wildman–Crippen LogP) is 2.24. The highest BCUT2D eigenvalue weighted by molar-refractivity contribution is 5.80. The standard InChI is InChI=1S/C19H29N3O3/c1-19(2,15-5-6-16-17(9-15)25-13-24-16)12-21-18(20-3)22-8-7-14(10-22)11-23-4/h5-6,9,14H,7-8,10-13H2,1-4H3,(H,20,21). The molecule has 2 aliphatic heterocycles. The van der Waals surface area contributed by atoms with E-state index in [4.69, 9.17) is 14.2 Å². The van der Waals surface area contributed by atoms with Gasteiger partial charge < -0.3 is 24.4 Å². The van der Waals surface area contributed by atoms with Gasteiger partial charge in [0.25, 0.3) is 0 Å². The van der Waals surface area contributed by atoms with Gasteiger partial charge >= 0.3 is 0 Å². The number of aliphatic imine (C=N–C) groups is 1. The number of rotatable bonds is 5. The molecular weight excluding hydrogens is 318 g/mol. The van der Waals surface area contributed by atoms with Gasteiger partial charge in [-0.15, -0.1) is 0 Å². The molecular formula is C19H29N3O3. The number of hydrogen-bond donors (Lipinski definition) is 1. The Kier molecular flexibility index (Phi) is 5.37. The lowest BCUT2D eigenvalue weighted by Crippen LogP contribution is -2.45. The maximum Gasteiger partial charge on any atom is 0.231 e. The molecule has 1 N–H and O–H groups in total. The molecule has 6 nitrogen and oxygen atoms in total. The number of nitrogens with one attached hydrogen (secondary N) is 1. The first-order valence-corrected chi connectivity index (χ1v) is 8.88. The molecule has 3 rings (SSSR count). The lowest BCUT2D eigenvalue weighted by atomic mass is 9.84. The summed E-state index contributed by atoms with van der Waals surface area (Å²) in [7, 11) is 3.61. The Morgan fingerprint density at radius 1 is 1.36 bits per heavy atom. The molecule has 2 heterocycles. The van der Waals surface area contributed by atoms with Crippen LogP contribution in [0.4, 0.5) is 0 Å². The molecule has 0 bridgehead atoms. The molecule has 138 valence electrons. The van der Waals surface area contributed by atoms with Gasteiger partial charge in [0.15, 0.2) is 17.5 Å². The van der Waals surface area contributed by atoms with E-state index in [1.807, 2.05) is 13.1 Å². The first-order valence-electron chi connectivity index (χ1n) is 8.88. The van der Waals surface area contributed by atoms with Crippen molar-refractivity contribution in [3.8, 4) is 11.5 Å². The van der Waals surface area contributed by atoms with Crippen LogP contribution < -0.4 is 14.8 Å². The molecule has 0 aromatic heterocycles. The van der Waals surface area contributed by atoms with Gasteiger partial charge in [-0.05, 0) is 24.1 Å². The van der Waals surface area contributed by atoms with Crippen LogP contribution in [-0.4, -0.2) is 58.1 Å². The molecule has 25 heavy (non-hydrogen) atoms. The number of benzene rings is 1. The van der Waals surface area contributed by atoms with E-state index in [1.165, 1.54) is 5.56 Å². The fourth-order valence-corrected chi connectivity index (χ4v) is 3.45.